The van der Waals surface area contributed by atoms with Crippen molar-refractivity contribution in [2.45, 2.75) is 12.5 Å². The van der Waals surface area contributed by atoms with Crippen molar-refractivity contribution < 1.29 is 4.74 Å². The van der Waals surface area contributed by atoms with E-state index in [4.69, 9.17) is 17.0 Å². The van der Waals surface area contributed by atoms with E-state index in [-0.39, 0.29) is 18.5 Å². The Morgan fingerprint density at radius 2 is 2.26 bits per heavy atom. The molecule has 0 bridgehead atoms. The summed E-state index contributed by atoms with van der Waals surface area (Å²) in [6.07, 6.45) is 2.85. The zero-order chi connectivity index (χ0) is 13.1. The number of likely N-dealkylation sites (N-methyl/N-ethyl adjacent to an activating group) is 1. The fraction of sp³-hybridized carbons (Fsp3) is 0.538. The smallest absolute Gasteiger partial charge is 0.224 e. The van der Waals surface area contributed by atoms with E-state index in [9.17, 15) is 0 Å². The number of rotatable bonds is 3. The van der Waals surface area contributed by atoms with Crippen molar-refractivity contribution in [1.82, 2.24) is 14.8 Å². The molecule has 0 saturated heterocycles. The lowest BCUT2D eigenvalue weighted by atomic mass is 10.2. The molecule has 106 valence electrons. The normalized spacial score (nSPS) is 18.4. The van der Waals surface area contributed by atoms with Crippen LogP contribution in [0.1, 0.15) is 12.0 Å². The molecule has 2 rings (SSSR count). The van der Waals surface area contributed by atoms with Crippen LogP contribution in [0.2, 0.25) is 0 Å². The Hall–Kier alpha value is -0.910. The van der Waals surface area contributed by atoms with Gasteiger partial charge in [0.2, 0.25) is 5.88 Å². The van der Waals surface area contributed by atoms with Gasteiger partial charge < -0.3 is 14.5 Å². The number of aromatic nitrogens is 1. The van der Waals surface area contributed by atoms with E-state index in [0.717, 1.165) is 30.1 Å². The Kier molecular flexibility index (Phi) is 5.97. The van der Waals surface area contributed by atoms with E-state index < -0.39 is 0 Å². The quantitative estimate of drug-likeness (QED) is 0.794. The van der Waals surface area contributed by atoms with Gasteiger partial charge in [0.05, 0.1) is 12.1 Å². The molecular formula is C13H20ClN3OS. The lowest BCUT2D eigenvalue weighted by molar-refractivity contribution is 0.154. The van der Waals surface area contributed by atoms with Gasteiger partial charge in [-0.1, -0.05) is 12.2 Å². The molecule has 0 saturated carbocycles. The highest BCUT2D eigenvalue weighted by molar-refractivity contribution is 7.80. The van der Waals surface area contributed by atoms with Crippen LogP contribution in [0.15, 0.2) is 18.3 Å². The third-order valence-electron chi connectivity index (χ3n) is 3.00. The summed E-state index contributed by atoms with van der Waals surface area (Å²) < 4.78 is 5.98. The molecule has 2 heterocycles. The van der Waals surface area contributed by atoms with Crippen molar-refractivity contribution in [3.8, 4) is 5.88 Å². The van der Waals surface area contributed by atoms with Crippen molar-refractivity contribution in [1.29, 1.82) is 0 Å². The summed E-state index contributed by atoms with van der Waals surface area (Å²) in [6.45, 7) is 1.80. The number of nitrogens with zero attached hydrogens (tertiary/aromatic N) is 3. The second kappa shape index (κ2) is 7.03. The van der Waals surface area contributed by atoms with E-state index in [0.29, 0.717) is 5.88 Å². The summed E-state index contributed by atoms with van der Waals surface area (Å²) in [5.74, 6) is 0.663. The van der Waals surface area contributed by atoms with Crippen molar-refractivity contribution in [3.63, 3.8) is 0 Å². The highest BCUT2D eigenvalue weighted by Gasteiger charge is 2.24. The first-order chi connectivity index (χ1) is 8.58. The molecule has 0 spiro atoms. The van der Waals surface area contributed by atoms with Gasteiger partial charge in [0.1, 0.15) is 11.1 Å². The minimum absolute atomic E-state index is 0. The van der Waals surface area contributed by atoms with E-state index in [1.807, 2.05) is 19.2 Å². The van der Waals surface area contributed by atoms with Crippen LogP contribution in [0.3, 0.4) is 0 Å². The van der Waals surface area contributed by atoms with Gasteiger partial charge in [-0.2, -0.15) is 0 Å². The molecule has 1 aromatic rings. The standard InChI is InChI=1S/C13H19N3OS.ClH/c1-15(2)8-6-10-9-16(3)13(18)11-5-4-7-14-12(11)17-10;/h4-5,7,10H,6,8-9H2,1-3H3;1H. The highest BCUT2D eigenvalue weighted by atomic mass is 35.5. The lowest BCUT2D eigenvalue weighted by Gasteiger charge is -2.22. The van der Waals surface area contributed by atoms with Crippen molar-refractivity contribution in [2.75, 3.05) is 34.2 Å². The zero-order valence-corrected chi connectivity index (χ0v) is 13.1. The predicted molar refractivity (Wildman–Crippen MR) is 83.4 cm³/mol. The first-order valence-corrected chi connectivity index (χ1v) is 6.50. The molecule has 0 amide bonds. The van der Waals surface area contributed by atoms with Crippen LogP contribution < -0.4 is 4.74 Å². The second-order valence-electron chi connectivity index (χ2n) is 4.87. The highest BCUT2D eigenvalue weighted by Crippen LogP contribution is 2.23. The number of thiocarbonyl (C=S) groups is 1. The topological polar surface area (TPSA) is 28.6 Å². The second-order valence-corrected chi connectivity index (χ2v) is 5.26. The van der Waals surface area contributed by atoms with Crippen LogP contribution in [-0.4, -0.2) is 60.1 Å². The molecule has 6 heteroatoms. The Morgan fingerprint density at radius 1 is 1.53 bits per heavy atom. The molecule has 0 aromatic carbocycles. The van der Waals surface area contributed by atoms with Gasteiger partial charge in [-0.05, 0) is 32.6 Å². The van der Waals surface area contributed by atoms with Crippen LogP contribution in [0.5, 0.6) is 5.88 Å². The molecule has 1 unspecified atom stereocenters. The van der Waals surface area contributed by atoms with Gasteiger partial charge in [-0.15, -0.1) is 12.4 Å². The van der Waals surface area contributed by atoms with Crippen LogP contribution >= 0.6 is 24.6 Å². The molecule has 0 aliphatic carbocycles. The number of fused-ring (bicyclic) bond motifs is 1. The Balaban J connectivity index is 0.00000180. The molecule has 0 N–H and O–H groups in total. The summed E-state index contributed by atoms with van der Waals surface area (Å²) >= 11 is 5.45. The third-order valence-corrected chi connectivity index (χ3v) is 3.53. The maximum absolute atomic E-state index is 5.98. The third kappa shape index (κ3) is 4.03. The molecule has 0 fully saturated rings. The summed E-state index contributed by atoms with van der Waals surface area (Å²) in [5.41, 5.74) is 0.919. The Labute approximate surface area is 126 Å². The maximum atomic E-state index is 5.98. The van der Waals surface area contributed by atoms with Gasteiger partial charge in [0.25, 0.3) is 0 Å². The Morgan fingerprint density at radius 3 is 2.95 bits per heavy atom. The number of halogens is 1. The summed E-state index contributed by atoms with van der Waals surface area (Å²) in [6, 6.07) is 3.86. The van der Waals surface area contributed by atoms with Crippen LogP contribution in [0.4, 0.5) is 0 Å². The molecule has 1 aromatic heterocycles. The van der Waals surface area contributed by atoms with Gasteiger partial charge in [-0.3, -0.25) is 0 Å². The molecule has 0 radical (unpaired) electrons. The molecular weight excluding hydrogens is 282 g/mol. The van der Waals surface area contributed by atoms with Gasteiger partial charge in [-0.25, -0.2) is 4.98 Å². The number of hydrogen-bond donors (Lipinski definition) is 0. The Bertz CT molecular complexity index is 442. The van der Waals surface area contributed by atoms with Crippen molar-refractivity contribution in [3.05, 3.63) is 23.9 Å². The number of hydrogen-bond acceptors (Lipinski definition) is 4. The minimum Gasteiger partial charge on any atom is -0.472 e. The first-order valence-electron chi connectivity index (χ1n) is 6.10. The van der Waals surface area contributed by atoms with Crippen LogP contribution in [0.25, 0.3) is 0 Å². The number of pyridine rings is 1. The first kappa shape index (κ1) is 16.1. The van der Waals surface area contributed by atoms with Crippen LogP contribution in [-0.2, 0) is 0 Å². The molecule has 1 atom stereocenters. The monoisotopic (exact) mass is 301 g/mol. The molecule has 1 aliphatic rings. The molecule has 19 heavy (non-hydrogen) atoms. The van der Waals surface area contributed by atoms with E-state index in [1.165, 1.54) is 0 Å². The number of ether oxygens (including phenoxy) is 1. The summed E-state index contributed by atoms with van der Waals surface area (Å²) in [7, 11) is 6.14. The van der Waals surface area contributed by atoms with Crippen molar-refractivity contribution >= 4 is 29.6 Å². The average molecular weight is 302 g/mol. The van der Waals surface area contributed by atoms with E-state index >= 15 is 0 Å². The zero-order valence-electron chi connectivity index (χ0n) is 11.5. The fourth-order valence-electron chi connectivity index (χ4n) is 1.99. The summed E-state index contributed by atoms with van der Waals surface area (Å²) in [5, 5.41) is 0. The fourth-order valence-corrected chi connectivity index (χ4v) is 2.22. The average Bonchev–Trinajstić information content (AvgIpc) is 2.46. The van der Waals surface area contributed by atoms with Gasteiger partial charge >= 0.3 is 0 Å². The maximum Gasteiger partial charge on any atom is 0.224 e. The lowest BCUT2D eigenvalue weighted by Crippen LogP contribution is -2.35. The minimum atomic E-state index is 0. The van der Waals surface area contributed by atoms with Gasteiger partial charge in [0, 0.05) is 19.8 Å². The summed E-state index contributed by atoms with van der Waals surface area (Å²) in [4.78, 5) is 9.33. The van der Waals surface area contributed by atoms with E-state index in [2.05, 4.69) is 28.9 Å². The van der Waals surface area contributed by atoms with Crippen molar-refractivity contribution in [2.24, 2.45) is 0 Å². The van der Waals surface area contributed by atoms with E-state index in [1.54, 1.807) is 6.20 Å². The predicted octanol–water partition coefficient (Wildman–Crippen LogP) is 1.82. The largest absolute Gasteiger partial charge is 0.472 e. The molecule has 4 nitrogen and oxygen atoms in total. The molecule has 1 aliphatic heterocycles. The SMILES string of the molecule is CN(C)CCC1CN(C)C(=S)c2cccnc2O1.Cl. The van der Waals surface area contributed by atoms with Gasteiger partial charge in [0.15, 0.2) is 0 Å². The van der Waals surface area contributed by atoms with Crippen LogP contribution in [0, 0.1) is 0 Å².